The van der Waals surface area contributed by atoms with Crippen LogP contribution in [0, 0.1) is 17.8 Å². The molecular formula is C31H41N. The Kier molecular flexibility index (Phi) is 5.31. The minimum atomic E-state index is 0.166. The summed E-state index contributed by atoms with van der Waals surface area (Å²) >= 11 is 0. The molecule has 2 aliphatic carbocycles. The zero-order chi connectivity index (χ0) is 22.7. The van der Waals surface area contributed by atoms with E-state index in [0.29, 0.717) is 0 Å². The zero-order valence-electron chi connectivity index (χ0n) is 21.0. The Morgan fingerprint density at radius 3 is 1.81 bits per heavy atom. The maximum Gasteiger partial charge on any atom is 0.0491 e. The number of aryl methyl sites for hydroxylation is 1. The van der Waals surface area contributed by atoms with E-state index in [4.69, 9.17) is 0 Å². The average molecular weight is 428 g/mol. The highest BCUT2D eigenvalue weighted by Crippen LogP contribution is 2.45. The molecule has 3 unspecified atom stereocenters. The molecule has 2 bridgehead atoms. The Hall–Kier alpha value is -2.02. The smallest absolute Gasteiger partial charge is 0.0491 e. The fraction of sp³-hybridized carbons (Fsp3) is 0.548. The van der Waals surface area contributed by atoms with Crippen molar-refractivity contribution in [2.75, 3.05) is 0 Å². The molecule has 3 aromatic rings. The first-order chi connectivity index (χ1) is 15.1. The molecule has 1 heterocycles. The second-order valence-electron chi connectivity index (χ2n) is 12.7. The second-order valence-corrected chi connectivity index (χ2v) is 12.7. The third-order valence-electron chi connectivity index (χ3n) is 8.22. The largest absolute Gasteiger partial charge is 0.340 e. The molecule has 0 aliphatic heterocycles. The number of hydrogen-bond acceptors (Lipinski definition) is 0. The van der Waals surface area contributed by atoms with E-state index in [1.54, 1.807) is 0 Å². The molecule has 0 spiro atoms. The predicted octanol–water partition coefficient (Wildman–Crippen LogP) is 8.77. The van der Waals surface area contributed by atoms with Crippen molar-refractivity contribution >= 4 is 21.8 Å². The molecule has 0 N–H and O–H groups in total. The van der Waals surface area contributed by atoms with E-state index < -0.39 is 0 Å². The predicted molar refractivity (Wildman–Crippen MR) is 140 cm³/mol. The number of nitrogens with zero attached hydrogens (tertiary/aromatic N) is 1. The molecule has 1 heteroatoms. The fourth-order valence-corrected chi connectivity index (χ4v) is 6.18. The molecule has 1 fully saturated rings. The summed E-state index contributed by atoms with van der Waals surface area (Å²) in [5.74, 6) is 2.74. The molecule has 2 aromatic carbocycles. The molecule has 0 radical (unpaired) electrons. The van der Waals surface area contributed by atoms with E-state index in [1.165, 1.54) is 65.0 Å². The fourth-order valence-electron chi connectivity index (χ4n) is 6.18. The molecule has 2 aliphatic rings. The van der Waals surface area contributed by atoms with Gasteiger partial charge >= 0.3 is 0 Å². The van der Waals surface area contributed by atoms with Gasteiger partial charge in [-0.3, -0.25) is 0 Å². The van der Waals surface area contributed by atoms with Gasteiger partial charge in [0.2, 0.25) is 0 Å². The van der Waals surface area contributed by atoms with Gasteiger partial charge in [0.25, 0.3) is 0 Å². The number of unbranched alkanes of at least 4 members (excludes halogenated alkanes) is 1. The quantitative estimate of drug-likeness (QED) is 0.283. The maximum atomic E-state index is 2.60. The van der Waals surface area contributed by atoms with Crippen molar-refractivity contribution in [1.82, 2.24) is 4.57 Å². The lowest BCUT2D eigenvalue weighted by atomic mass is 9.85. The first kappa shape index (κ1) is 21.8. The Labute approximate surface area is 194 Å². The van der Waals surface area contributed by atoms with Gasteiger partial charge in [-0.05, 0) is 89.7 Å². The van der Waals surface area contributed by atoms with Crippen LogP contribution in [0.25, 0.3) is 21.8 Å². The minimum absolute atomic E-state index is 0.166. The van der Waals surface area contributed by atoms with Gasteiger partial charge < -0.3 is 4.57 Å². The standard InChI is InChI=1S/C31H41N/c1-30(2,3)24-12-14-28-26(19-24)27-20-25(31(4,5)6)13-15-29(27)32(28)16-8-7-9-22-17-21-10-11-23(22)18-21/h10-15,19-23H,7-9,16-18H2,1-6H3. The number of aromatic nitrogens is 1. The number of benzene rings is 2. The normalized spacial score (nSPS) is 23.1. The molecule has 1 nitrogen and oxygen atoms in total. The third-order valence-corrected chi connectivity index (χ3v) is 8.22. The SMILES string of the molecule is CC(C)(C)c1ccc2c(c1)c1cc(C(C)(C)C)ccc1n2CCCCC1CC2C=CC1C2. The average Bonchev–Trinajstić information content (AvgIpc) is 3.42. The summed E-state index contributed by atoms with van der Waals surface area (Å²) in [6, 6.07) is 14.4. The van der Waals surface area contributed by atoms with Crippen molar-refractivity contribution in [2.24, 2.45) is 17.8 Å². The number of rotatable bonds is 5. The van der Waals surface area contributed by atoms with Crippen molar-refractivity contribution in [1.29, 1.82) is 0 Å². The molecular weight excluding hydrogens is 386 g/mol. The Morgan fingerprint density at radius 1 is 0.750 bits per heavy atom. The van der Waals surface area contributed by atoms with Gasteiger partial charge in [-0.1, -0.05) is 72.2 Å². The van der Waals surface area contributed by atoms with Gasteiger partial charge in [-0.25, -0.2) is 0 Å². The van der Waals surface area contributed by atoms with Crippen LogP contribution in [0.4, 0.5) is 0 Å². The number of fused-ring (bicyclic) bond motifs is 5. The van der Waals surface area contributed by atoms with E-state index in [9.17, 15) is 0 Å². The van der Waals surface area contributed by atoms with Crippen LogP contribution in [0.1, 0.15) is 84.8 Å². The monoisotopic (exact) mass is 427 g/mol. The van der Waals surface area contributed by atoms with Gasteiger partial charge in [0.05, 0.1) is 0 Å². The van der Waals surface area contributed by atoms with Crippen molar-refractivity contribution < 1.29 is 0 Å². The van der Waals surface area contributed by atoms with Crippen LogP contribution in [-0.4, -0.2) is 4.57 Å². The number of allylic oxidation sites excluding steroid dienone is 2. The van der Waals surface area contributed by atoms with E-state index in [-0.39, 0.29) is 10.8 Å². The van der Waals surface area contributed by atoms with Crippen LogP contribution in [-0.2, 0) is 17.4 Å². The van der Waals surface area contributed by atoms with E-state index in [0.717, 1.165) is 24.3 Å². The van der Waals surface area contributed by atoms with Gasteiger partial charge in [-0.2, -0.15) is 0 Å². The molecule has 0 saturated heterocycles. The van der Waals surface area contributed by atoms with Crippen LogP contribution in [0.15, 0.2) is 48.6 Å². The summed E-state index contributed by atoms with van der Waals surface area (Å²) in [6.45, 7) is 15.0. The molecule has 1 saturated carbocycles. The van der Waals surface area contributed by atoms with Crippen molar-refractivity contribution in [3.05, 3.63) is 59.7 Å². The highest BCUT2D eigenvalue weighted by Gasteiger charge is 2.34. The van der Waals surface area contributed by atoms with E-state index in [1.807, 2.05) is 0 Å². The van der Waals surface area contributed by atoms with Crippen LogP contribution >= 0.6 is 0 Å². The van der Waals surface area contributed by atoms with Crippen LogP contribution in [0.2, 0.25) is 0 Å². The van der Waals surface area contributed by atoms with Gasteiger partial charge in [0.15, 0.2) is 0 Å². The molecule has 3 atom stereocenters. The van der Waals surface area contributed by atoms with E-state index >= 15 is 0 Å². The zero-order valence-corrected chi connectivity index (χ0v) is 21.0. The minimum Gasteiger partial charge on any atom is -0.340 e. The highest BCUT2D eigenvalue weighted by molar-refractivity contribution is 6.08. The van der Waals surface area contributed by atoms with Crippen molar-refractivity contribution in [2.45, 2.75) is 91.0 Å². The summed E-state index contributed by atoms with van der Waals surface area (Å²) in [7, 11) is 0. The summed E-state index contributed by atoms with van der Waals surface area (Å²) < 4.78 is 2.60. The topological polar surface area (TPSA) is 4.93 Å². The molecule has 0 amide bonds. The molecule has 170 valence electrons. The van der Waals surface area contributed by atoms with Crippen molar-refractivity contribution in [3.8, 4) is 0 Å². The van der Waals surface area contributed by atoms with Crippen LogP contribution in [0.5, 0.6) is 0 Å². The Balaban J connectivity index is 1.45. The lowest BCUT2D eigenvalue weighted by molar-refractivity contribution is 0.393. The van der Waals surface area contributed by atoms with Gasteiger partial charge in [0, 0.05) is 28.4 Å². The lowest BCUT2D eigenvalue weighted by Gasteiger charge is -2.19. The molecule has 5 rings (SSSR count). The number of hydrogen-bond donors (Lipinski definition) is 0. The Bertz CT molecular complexity index is 1090. The second kappa shape index (κ2) is 7.79. The lowest BCUT2D eigenvalue weighted by Crippen LogP contribution is -2.10. The van der Waals surface area contributed by atoms with Gasteiger partial charge in [-0.15, -0.1) is 0 Å². The summed E-state index contributed by atoms with van der Waals surface area (Å²) in [5.41, 5.74) is 5.99. The van der Waals surface area contributed by atoms with Gasteiger partial charge in [0.1, 0.15) is 0 Å². The summed E-state index contributed by atoms with van der Waals surface area (Å²) in [5, 5.41) is 2.86. The maximum absolute atomic E-state index is 2.60. The Morgan fingerprint density at radius 2 is 1.34 bits per heavy atom. The summed E-state index contributed by atoms with van der Waals surface area (Å²) in [4.78, 5) is 0. The third kappa shape index (κ3) is 3.93. The first-order valence-electron chi connectivity index (χ1n) is 12.9. The van der Waals surface area contributed by atoms with E-state index in [2.05, 4.69) is 94.7 Å². The van der Waals surface area contributed by atoms with Crippen molar-refractivity contribution in [3.63, 3.8) is 0 Å². The van der Waals surface area contributed by atoms with Crippen LogP contribution < -0.4 is 0 Å². The molecule has 32 heavy (non-hydrogen) atoms. The molecule has 1 aromatic heterocycles. The first-order valence-corrected chi connectivity index (χ1v) is 12.9. The van der Waals surface area contributed by atoms with Crippen LogP contribution in [0.3, 0.4) is 0 Å². The highest BCUT2D eigenvalue weighted by atomic mass is 15.0. The summed E-state index contributed by atoms with van der Waals surface area (Å²) in [6.07, 6.45) is 11.9.